The lowest BCUT2D eigenvalue weighted by Crippen LogP contribution is -2.46. The van der Waals surface area contributed by atoms with E-state index in [0.717, 1.165) is 0 Å². The Balaban J connectivity index is 1.78. The van der Waals surface area contributed by atoms with Gasteiger partial charge >= 0.3 is 8.25 Å². The van der Waals surface area contributed by atoms with Gasteiger partial charge in [-0.2, -0.15) is 4.98 Å². The van der Waals surface area contributed by atoms with Gasteiger partial charge in [-0.3, -0.25) is 9.13 Å². The summed E-state index contributed by atoms with van der Waals surface area (Å²) >= 11 is 0. The summed E-state index contributed by atoms with van der Waals surface area (Å²) in [5.74, 6) is 0.0916. The molecule has 0 radical (unpaired) electrons. The molecule has 2 aliphatic heterocycles. The third kappa shape index (κ3) is 1.96. The number of nitrogen functional groups attached to an aromatic ring is 1. The maximum atomic E-state index is 11.5. The third-order valence-electron chi connectivity index (χ3n) is 3.89. The second-order valence-electron chi connectivity index (χ2n) is 5.44. The van der Waals surface area contributed by atoms with Crippen molar-refractivity contribution in [3.63, 3.8) is 0 Å². The Hall–Kier alpha value is -1.58. The number of hydrogen-bond acceptors (Lipinski definition) is 9. The zero-order valence-electron chi connectivity index (χ0n) is 11.5. The first-order chi connectivity index (χ1) is 10.5. The van der Waals surface area contributed by atoms with Crippen molar-refractivity contribution in [3.05, 3.63) is 12.5 Å². The molecule has 2 aromatic heterocycles. The fourth-order valence-electron chi connectivity index (χ4n) is 2.86. The standard InChI is InChI=1S/C11H14N5O5P/c1-11(17)7-6(3-19-22(18)21-7)20-9(11)16-4-14-5-2-13-10(12)15-8(5)16/h2,4,6-7,9,17,22H,3H2,1H3,(H2,12,13,15)/t6-,7-,9-,11-/m1/s1. The second-order valence-corrected chi connectivity index (χ2v) is 6.47. The predicted octanol–water partition coefficient (Wildman–Crippen LogP) is -0.138. The number of nitrogens with zero attached hydrogens (tertiary/aromatic N) is 4. The molecule has 118 valence electrons. The van der Waals surface area contributed by atoms with E-state index in [4.69, 9.17) is 19.5 Å². The van der Waals surface area contributed by atoms with Crippen LogP contribution < -0.4 is 5.73 Å². The van der Waals surface area contributed by atoms with Crippen molar-refractivity contribution in [2.24, 2.45) is 0 Å². The number of aliphatic hydroxyl groups is 1. The van der Waals surface area contributed by atoms with E-state index in [0.29, 0.717) is 11.2 Å². The van der Waals surface area contributed by atoms with E-state index in [1.165, 1.54) is 12.5 Å². The molecule has 2 fully saturated rings. The van der Waals surface area contributed by atoms with Crippen molar-refractivity contribution in [1.29, 1.82) is 0 Å². The van der Waals surface area contributed by atoms with Gasteiger partial charge in [-0.05, 0) is 6.92 Å². The van der Waals surface area contributed by atoms with Gasteiger partial charge in [-0.25, -0.2) is 9.97 Å². The van der Waals surface area contributed by atoms with Crippen molar-refractivity contribution in [1.82, 2.24) is 19.5 Å². The van der Waals surface area contributed by atoms with Crippen LogP contribution in [0.2, 0.25) is 0 Å². The molecule has 11 heteroatoms. The average molecular weight is 327 g/mol. The third-order valence-corrected chi connectivity index (χ3v) is 4.74. The summed E-state index contributed by atoms with van der Waals surface area (Å²) < 4.78 is 29.1. The van der Waals surface area contributed by atoms with Crippen molar-refractivity contribution < 1.29 is 23.5 Å². The Kier molecular flexibility index (Phi) is 3.00. The highest BCUT2D eigenvalue weighted by atomic mass is 31.1. The number of rotatable bonds is 1. The van der Waals surface area contributed by atoms with E-state index >= 15 is 0 Å². The summed E-state index contributed by atoms with van der Waals surface area (Å²) in [6.45, 7) is 1.65. The van der Waals surface area contributed by atoms with Gasteiger partial charge in [-0.15, -0.1) is 0 Å². The first-order valence-corrected chi connectivity index (χ1v) is 7.85. The number of hydrogen-bond donors (Lipinski definition) is 2. The van der Waals surface area contributed by atoms with E-state index in [2.05, 4.69) is 15.0 Å². The van der Waals surface area contributed by atoms with Crippen LogP contribution in [0, 0.1) is 0 Å². The lowest BCUT2D eigenvalue weighted by molar-refractivity contribution is -0.0884. The van der Waals surface area contributed by atoms with Crippen LogP contribution in [0.1, 0.15) is 13.2 Å². The number of fused-ring (bicyclic) bond motifs is 2. The first-order valence-electron chi connectivity index (χ1n) is 6.63. The average Bonchev–Trinajstić information content (AvgIpc) is 2.98. The molecule has 10 nitrogen and oxygen atoms in total. The minimum atomic E-state index is -2.62. The fourth-order valence-corrected chi connectivity index (χ4v) is 3.83. The second kappa shape index (κ2) is 4.71. The van der Waals surface area contributed by atoms with E-state index in [-0.39, 0.29) is 12.6 Å². The van der Waals surface area contributed by atoms with E-state index in [1.807, 2.05) is 0 Å². The highest BCUT2D eigenvalue weighted by molar-refractivity contribution is 7.33. The van der Waals surface area contributed by atoms with Gasteiger partial charge in [0.15, 0.2) is 11.9 Å². The number of anilines is 1. The molecule has 0 aromatic carbocycles. The molecular formula is C11H14N5O5P. The Morgan fingerprint density at radius 2 is 2.36 bits per heavy atom. The molecule has 2 aromatic rings. The normalized spacial score (nSPS) is 38.3. The Bertz CT molecular complexity index is 764. The molecule has 3 N–H and O–H groups in total. The SMILES string of the molecule is C[C@@]1(O)[C@@H]2O[PH](=O)OC[C@H]2O[C@H]1n1cnc2cnc(N)nc21. The number of ether oxygens (including phenoxy) is 1. The maximum absolute atomic E-state index is 11.5. The summed E-state index contributed by atoms with van der Waals surface area (Å²) in [5.41, 5.74) is 5.13. The molecule has 1 unspecified atom stereocenters. The van der Waals surface area contributed by atoms with Gasteiger partial charge in [0.1, 0.15) is 23.3 Å². The molecule has 0 aliphatic carbocycles. The molecule has 0 saturated carbocycles. The van der Waals surface area contributed by atoms with Crippen LogP contribution in [0.4, 0.5) is 5.95 Å². The van der Waals surface area contributed by atoms with Gasteiger partial charge < -0.3 is 24.6 Å². The summed E-state index contributed by atoms with van der Waals surface area (Å²) in [6, 6.07) is 0. The van der Waals surface area contributed by atoms with Crippen LogP contribution in [0.5, 0.6) is 0 Å². The van der Waals surface area contributed by atoms with Crippen molar-refractivity contribution >= 4 is 25.4 Å². The minimum Gasteiger partial charge on any atom is -0.383 e. The van der Waals surface area contributed by atoms with Crippen LogP contribution in [-0.4, -0.2) is 49.0 Å². The molecule has 22 heavy (non-hydrogen) atoms. The lowest BCUT2D eigenvalue weighted by atomic mass is 9.96. The molecule has 0 spiro atoms. The highest BCUT2D eigenvalue weighted by Crippen LogP contribution is 2.48. The van der Waals surface area contributed by atoms with E-state index in [9.17, 15) is 9.67 Å². The smallest absolute Gasteiger partial charge is 0.319 e. The van der Waals surface area contributed by atoms with Gasteiger partial charge in [0.2, 0.25) is 5.95 Å². The minimum absolute atomic E-state index is 0.0916. The monoisotopic (exact) mass is 327 g/mol. The molecule has 4 rings (SSSR count). The van der Waals surface area contributed by atoms with Crippen molar-refractivity contribution in [2.45, 2.75) is 31.0 Å². The quantitative estimate of drug-likeness (QED) is 0.686. The van der Waals surface area contributed by atoms with Crippen LogP contribution >= 0.6 is 8.25 Å². The molecule has 0 bridgehead atoms. The summed E-state index contributed by atoms with van der Waals surface area (Å²) in [7, 11) is -2.62. The Morgan fingerprint density at radius 3 is 3.18 bits per heavy atom. The van der Waals surface area contributed by atoms with E-state index < -0.39 is 32.3 Å². The molecule has 2 aliphatic rings. The number of nitrogens with two attached hydrogens (primary N) is 1. The molecule has 5 atom stereocenters. The summed E-state index contributed by atoms with van der Waals surface area (Å²) in [4.78, 5) is 12.2. The molecule has 2 saturated heterocycles. The van der Waals surface area contributed by atoms with Crippen LogP contribution in [-0.2, 0) is 18.3 Å². The van der Waals surface area contributed by atoms with Crippen molar-refractivity contribution in [3.8, 4) is 0 Å². The number of imidazole rings is 1. The van der Waals surface area contributed by atoms with Crippen LogP contribution in [0.3, 0.4) is 0 Å². The lowest BCUT2D eigenvalue weighted by Gasteiger charge is -2.31. The zero-order chi connectivity index (χ0) is 15.5. The van der Waals surface area contributed by atoms with E-state index in [1.54, 1.807) is 11.5 Å². The maximum Gasteiger partial charge on any atom is 0.319 e. The molecule has 0 amide bonds. The van der Waals surface area contributed by atoms with Gasteiger partial charge in [0.25, 0.3) is 0 Å². The number of aromatic nitrogens is 4. The fraction of sp³-hybridized carbons (Fsp3) is 0.545. The summed E-state index contributed by atoms with van der Waals surface area (Å²) in [5, 5.41) is 10.8. The van der Waals surface area contributed by atoms with Gasteiger partial charge in [0.05, 0.1) is 19.1 Å². The molecule has 4 heterocycles. The van der Waals surface area contributed by atoms with Crippen molar-refractivity contribution in [2.75, 3.05) is 12.3 Å². The largest absolute Gasteiger partial charge is 0.383 e. The first kappa shape index (κ1) is 14.0. The molecular weight excluding hydrogens is 313 g/mol. The Morgan fingerprint density at radius 1 is 1.55 bits per heavy atom. The van der Waals surface area contributed by atoms with Gasteiger partial charge in [-0.1, -0.05) is 0 Å². The summed E-state index contributed by atoms with van der Waals surface area (Å²) in [6.07, 6.45) is 0.870. The predicted molar refractivity (Wildman–Crippen MR) is 74.1 cm³/mol. The zero-order valence-corrected chi connectivity index (χ0v) is 12.5. The highest BCUT2D eigenvalue weighted by Gasteiger charge is 2.57. The Labute approximate surface area is 125 Å². The topological polar surface area (TPSA) is 135 Å². The van der Waals surface area contributed by atoms with Gasteiger partial charge in [0, 0.05) is 0 Å². The van der Waals surface area contributed by atoms with Crippen LogP contribution in [0.15, 0.2) is 12.5 Å². The van der Waals surface area contributed by atoms with Crippen LogP contribution in [0.25, 0.3) is 11.2 Å².